The highest BCUT2D eigenvalue weighted by Crippen LogP contribution is 2.44. The van der Waals surface area contributed by atoms with Crippen molar-refractivity contribution >= 4 is 46.9 Å². The first-order valence-electron chi connectivity index (χ1n) is 17.8. The van der Waals surface area contributed by atoms with Crippen molar-refractivity contribution in [3.63, 3.8) is 0 Å². The third-order valence-electron chi connectivity index (χ3n) is 9.97. The van der Waals surface area contributed by atoms with Gasteiger partial charge in [-0.3, -0.25) is 9.11 Å². The first-order valence-corrected chi connectivity index (χ1v) is 22.2. The maximum Gasteiger partial charge on any atom is 0.294 e. The number of fused-ring (bicyclic) bond motifs is 2. The maximum absolute atomic E-state index is 14.5. The summed E-state index contributed by atoms with van der Waals surface area (Å²) in [6.07, 6.45) is 1.50. The molecule has 1 aliphatic carbocycles. The molecule has 1 saturated heterocycles. The van der Waals surface area contributed by atoms with Crippen molar-refractivity contribution in [1.29, 1.82) is 0 Å². The third-order valence-corrected chi connectivity index (χ3v) is 13.7. The molecule has 292 valence electrons. The van der Waals surface area contributed by atoms with E-state index in [2.05, 4.69) is 12.2 Å². The Hall–Kier alpha value is -4.94. The van der Waals surface area contributed by atoms with E-state index in [1.54, 1.807) is 76.6 Å². The minimum absolute atomic E-state index is 0.165. The van der Waals surface area contributed by atoms with Crippen molar-refractivity contribution in [2.75, 3.05) is 33.2 Å². The van der Waals surface area contributed by atoms with E-state index in [1.165, 1.54) is 36.4 Å². The number of ether oxygens (including phenoxy) is 1. The fourth-order valence-electron chi connectivity index (χ4n) is 6.97. The normalized spacial score (nSPS) is 15.3. The van der Waals surface area contributed by atoms with E-state index in [0.29, 0.717) is 75.0 Å². The largest absolute Gasteiger partial charge is 0.457 e. The van der Waals surface area contributed by atoms with Crippen molar-refractivity contribution in [1.82, 2.24) is 14.2 Å². The molecule has 3 N–H and O–H groups in total. The summed E-state index contributed by atoms with van der Waals surface area (Å²) in [5, 5.41) is 4.65. The lowest BCUT2D eigenvalue weighted by atomic mass is 9.93. The quantitative estimate of drug-likeness (QED) is 0.0765. The molecule has 0 radical (unpaired) electrons. The summed E-state index contributed by atoms with van der Waals surface area (Å²) >= 11 is 0. The van der Waals surface area contributed by atoms with Crippen LogP contribution in [0.1, 0.15) is 19.8 Å². The van der Waals surface area contributed by atoms with Crippen molar-refractivity contribution < 1.29 is 43.5 Å². The summed E-state index contributed by atoms with van der Waals surface area (Å²) in [7, 11) is -10.9. The fourth-order valence-corrected chi connectivity index (χ4v) is 9.60. The molecule has 0 saturated carbocycles. The number of piperidine rings is 1. The highest BCUT2D eigenvalue weighted by Gasteiger charge is 2.32. The van der Waals surface area contributed by atoms with E-state index in [-0.39, 0.29) is 14.7 Å². The zero-order valence-electron chi connectivity index (χ0n) is 30.5. The molecule has 0 amide bonds. The smallest absolute Gasteiger partial charge is 0.294 e. The first-order chi connectivity index (χ1) is 26.6. The van der Waals surface area contributed by atoms with E-state index >= 15 is 0 Å². The number of nitrogens with one attached hydrogen (secondary N) is 1. The summed E-state index contributed by atoms with van der Waals surface area (Å²) in [4.78, 5) is -0.354. The Balaban J connectivity index is 1.37. The van der Waals surface area contributed by atoms with Gasteiger partial charge in [0.15, 0.2) is 0 Å². The molecule has 56 heavy (non-hydrogen) atoms. The lowest BCUT2D eigenvalue weighted by Crippen LogP contribution is -2.40. The predicted octanol–water partition coefficient (Wildman–Crippen LogP) is 6.23. The molecule has 3 aliphatic rings. The van der Waals surface area contributed by atoms with Gasteiger partial charge in [0.2, 0.25) is 21.1 Å². The van der Waals surface area contributed by atoms with Gasteiger partial charge in [0, 0.05) is 59.4 Å². The number of nitrogens with zero attached hydrogens (tertiary/aromatic N) is 2. The first kappa shape index (κ1) is 39.3. The van der Waals surface area contributed by atoms with Crippen LogP contribution in [0.4, 0.5) is 5.69 Å². The molecule has 0 spiro atoms. The summed E-state index contributed by atoms with van der Waals surface area (Å²) in [6, 6.07) is 28.6. The van der Waals surface area contributed by atoms with Crippen molar-refractivity contribution in [3.05, 3.63) is 115 Å². The molecule has 0 unspecified atom stereocenters. The second kappa shape index (κ2) is 15.5. The average Bonchev–Trinajstić information content (AvgIpc) is 3.18. The molecule has 4 aromatic rings. The van der Waals surface area contributed by atoms with Crippen LogP contribution in [0.25, 0.3) is 33.4 Å². The van der Waals surface area contributed by atoms with Gasteiger partial charge in [0.05, 0.1) is 20.8 Å². The van der Waals surface area contributed by atoms with Gasteiger partial charge in [-0.15, -0.1) is 0 Å². The fraction of sp³-hybridized carbons (Fsp3) is 0.225. The molecular weight excluding hydrogens is 779 g/mol. The number of hydrogen-bond acceptors (Lipinski definition) is 9. The Morgan fingerprint density at radius 1 is 0.768 bits per heavy atom. The van der Waals surface area contributed by atoms with Crippen LogP contribution < -0.4 is 20.0 Å². The molecule has 2 heterocycles. The SMILES string of the molecule is CCNCC1CCN(S(=O)(=O)c2ccccc2-c2c3ccc(=[N+](C)c4ccc(S(=O)(=O)O)cc4)cc-3oc3cc(Oc4ccc(S(=O)(=O)O)cc4)ccc23)CC1. The second-order valence-corrected chi connectivity index (χ2v) is 18.3. The van der Waals surface area contributed by atoms with Crippen LogP contribution in [0.15, 0.2) is 128 Å². The van der Waals surface area contributed by atoms with E-state index in [1.807, 2.05) is 12.1 Å². The zero-order valence-corrected chi connectivity index (χ0v) is 32.9. The second-order valence-electron chi connectivity index (χ2n) is 13.5. The van der Waals surface area contributed by atoms with Crippen LogP contribution in [0.5, 0.6) is 11.5 Å². The van der Waals surface area contributed by atoms with Gasteiger partial charge in [-0.25, -0.2) is 8.42 Å². The summed E-state index contributed by atoms with van der Waals surface area (Å²) < 4.78 is 110. The van der Waals surface area contributed by atoms with Crippen LogP contribution in [-0.4, -0.2) is 71.9 Å². The number of sulfonamides is 1. The monoisotopic (exact) mass is 818 g/mol. The summed E-state index contributed by atoms with van der Waals surface area (Å²) in [5.41, 5.74) is 2.74. The molecule has 1 fully saturated rings. The van der Waals surface area contributed by atoms with Crippen LogP contribution >= 0.6 is 0 Å². The maximum atomic E-state index is 14.5. The summed E-state index contributed by atoms with van der Waals surface area (Å²) in [6.45, 7) is 4.57. The van der Waals surface area contributed by atoms with Gasteiger partial charge in [-0.1, -0.05) is 25.1 Å². The highest BCUT2D eigenvalue weighted by molar-refractivity contribution is 7.89. The Kier molecular flexibility index (Phi) is 10.9. The van der Waals surface area contributed by atoms with E-state index in [9.17, 15) is 34.4 Å². The average molecular weight is 819 g/mol. The number of benzene rings is 5. The van der Waals surface area contributed by atoms with Crippen molar-refractivity contribution in [3.8, 4) is 33.9 Å². The van der Waals surface area contributed by atoms with E-state index in [4.69, 9.17) is 9.15 Å². The van der Waals surface area contributed by atoms with Gasteiger partial charge in [-0.05, 0) is 92.5 Å². The van der Waals surface area contributed by atoms with E-state index < -0.39 is 30.3 Å². The topological polar surface area (TPSA) is 184 Å². The standard InChI is InChI=1S/C40H39N3O10S3/c1-3-41-26-27-20-22-43(23-21-27)54(44,45)39-7-5-4-6-36(39)40-34-18-10-29(42(2)28-8-14-32(15-9-28)55(46,47)48)24-37(34)53-38-25-31(13-19-35(38)40)52-30-11-16-33(17-12-30)56(49,50)51/h4-19,24-25,27,41H,3,20-23,26H2,1-2H3,(H-,46,47,48,49,50,51)/p+1. The predicted molar refractivity (Wildman–Crippen MR) is 212 cm³/mol. The molecule has 0 bridgehead atoms. The van der Waals surface area contributed by atoms with Crippen LogP contribution in [-0.2, 0) is 30.3 Å². The van der Waals surface area contributed by atoms with Gasteiger partial charge in [-0.2, -0.15) is 25.7 Å². The summed E-state index contributed by atoms with van der Waals surface area (Å²) in [5.74, 6) is 1.45. The van der Waals surface area contributed by atoms with E-state index in [0.717, 1.165) is 25.9 Å². The Bertz CT molecular complexity index is 2800. The van der Waals surface area contributed by atoms with Crippen molar-refractivity contribution in [2.24, 2.45) is 5.92 Å². The molecule has 2 aliphatic heterocycles. The van der Waals surface area contributed by atoms with Gasteiger partial charge in [0.25, 0.3) is 20.2 Å². The van der Waals surface area contributed by atoms with Crippen LogP contribution in [0, 0.1) is 5.92 Å². The Morgan fingerprint density at radius 3 is 2.04 bits per heavy atom. The van der Waals surface area contributed by atoms with Crippen LogP contribution in [0.2, 0.25) is 0 Å². The van der Waals surface area contributed by atoms with Gasteiger partial charge >= 0.3 is 0 Å². The van der Waals surface area contributed by atoms with Gasteiger partial charge in [0.1, 0.15) is 29.9 Å². The number of hydrogen-bond donors (Lipinski definition) is 3. The molecular formula is C40H40N3O10S3+. The number of rotatable bonds is 11. The minimum atomic E-state index is -4.39. The molecule has 16 heteroatoms. The lowest BCUT2D eigenvalue weighted by Gasteiger charge is -2.32. The Labute approximate surface area is 325 Å². The van der Waals surface area contributed by atoms with Crippen LogP contribution in [0.3, 0.4) is 0 Å². The minimum Gasteiger partial charge on any atom is -0.457 e. The lowest BCUT2D eigenvalue weighted by molar-refractivity contribution is 0.268. The highest BCUT2D eigenvalue weighted by atomic mass is 32.2. The third kappa shape index (κ3) is 8.13. The zero-order chi connectivity index (χ0) is 39.8. The molecule has 0 atom stereocenters. The molecule has 4 aromatic carbocycles. The molecule has 7 rings (SSSR count). The Morgan fingerprint density at radius 2 is 1.39 bits per heavy atom. The molecule has 0 aromatic heterocycles. The molecule has 13 nitrogen and oxygen atoms in total. The van der Waals surface area contributed by atoms with Crippen molar-refractivity contribution in [2.45, 2.75) is 34.5 Å². The van der Waals surface area contributed by atoms with Gasteiger partial charge < -0.3 is 14.5 Å².